The second kappa shape index (κ2) is 3.80. The molecule has 0 aliphatic heterocycles. The van der Waals surface area contributed by atoms with E-state index in [1.165, 1.54) is 29.7 Å². The third-order valence-corrected chi connectivity index (χ3v) is 2.66. The highest BCUT2D eigenvalue weighted by atomic mass is 14.8. The van der Waals surface area contributed by atoms with Crippen molar-refractivity contribution in [3.8, 4) is 0 Å². The molecule has 0 N–H and O–H groups in total. The van der Waals surface area contributed by atoms with Crippen molar-refractivity contribution in [2.24, 2.45) is 4.99 Å². The van der Waals surface area contributed by atoms with Gasteiger partial charge in [-0.2, -0.15) is 0 Å². The smallest absolute Gasteiger partial charge is 0.0527 e. The van der Waals surface area contributed by atoms with E-state index in [1.807, 2.05) is 0 Å². The molecule has 0 saturated carbocycles. The van der Waals surface area contributed by atoms with Crippen LogP contribution in [-0.2, 0) is 6.42 Å². The van der Waals surface area contributed by atoms with Gasteiger partial charge >= 0.3 is 0 Å². The first-order valence-corrected chi connectivity index (χ1v) is 5.73. The van der Waals surface area contributed by atoms with Crippen LogP contribution in [0.15, 0.2) is 29.3 Å². The Morgan fingerprint density at radius 3 is 2.53 bits per heavy atom. The maximum absolute atomic E-state index is 4.83. The van der Waals surface area contributed by atoms with Gasteiger partial charge in [0.15, 0.2) is 0 Å². The predicted molar refractivity (Wildman–Crippen MR) is 65.7 cm³/mol. The number of rotatable bonds is 0. The molecule has 1 aromatic rings. The summed E-state index contributed by atoms with van der Waals surface area (Å²) in [7, 11) is 0. The zero-order valence-corrected chi connectivity index (χ0v) is 9.88. The molecule has 1 heteroatoms. The fraction of sp³-hybridized carbons (Fsp3) is 0.500. The molecule has 0 amide bonds. The average Bonchev–Trinajstić information content (AvgIpc) is 2.16. The number of benzene rings is 1. The predicted octanol–water partition coefficient (Wildman–Crippen LogP) is 3.61. The summed E-state index contributed by atoms with van der Waals surface area (Å²) in [5.41, 5.74) is 4.18. The number of fused-ring (bicyclic) bond motifs is 1. The van der Waals surface area contributed by atoms with E-state index in [0.717, 1.165) is 6.42 Å². The van der Waals surface area contributed by atoms with E-state index in [0.29, 0.717) is 0 Å². The Hall–Kier alpha value is -1.11. The van der Waals surface area contributed by atoms with Gasteiger partial charge in [-0.25, -0.2) is 0 Å². The molecule has 0 saturated heterocycles. The fourth-order valence-electron chi connectivity index (χ4n) is 2.12. The summed E-state index contributed by atoms with van der Waals surface area (Å²) in [6.45, 7) is 6.49. The van der Waals surface area contributed by atoms with E-state index in [-0.39, 0.29) is 5.54 Å². The van der Waals surface area contributed by atoms with Gasteiger partial charge in [0.1, 0.15) is 0 Å². The van der Waals surface area contributed by atoms with Crippen LogP contribution in [0, 0.1) is 0 Å². The summed E-state index contributed by atoms with van der Waals surface area (Å²) >= 11 is 0. The Kier molecular flexibility index (Phi) is 2.64. The monoisotopic (exact) mass is 201 g/mol. The van der Waals surface area contributed by atoms with E-state index in [2.05, 4.69) is 45.0 Å². The van der Waals surface area contributed by atoms with Gasteiger partial charge in [-0.05, 0) is 51.2 Å². The molecule has 0 radical (unpaired) electrons. The standard InChI is InChI=1S/C14H19N/c1-14(2,3)15-13-10-6-8-11-7-4-5-9-12(11)13/h4-5,7,9H,6,8,10H2,1-3H3. The molecule has 80 valence electrons. The fourth-order valence-corrected chi connectivity index (χ4v) is 2.12. The summed E-state index contributed by atoms with van der Waals surface area (Å²) < 4.78 is 0. The molecule has 0 unspecified atom stereocenters. The number of aryl methyl sites for hydroxylation is 1. The van der Waals surface area contributed by atoms with Crippen molar-refractivity contribution < 1.29 is 0 Å². The third-order valence-electron chi connectivity index (χ3n) is 2.66. The molecule has 0 fully saturated rings. The lowest BCUT2D eigenvalue weighted by atomic mass is 9.89. The van der Waals surface area contributed by atoms with Gasteiger partial charge in [0.2, 0.25) is 0 Å². The summed E-state index contributed by atoms with van der Waals surface area (Å²) in [5, 5.41) is 0. The van der Waals surface area contributed by atoms with Crippen LogP contribution in [-0.4, -0.2) is 11.3 Å². The van der Waals surface area contributed by atoms with Gasteiger partial charge in [0.25, 0.3) is 0 Å². The normalized spacial score (nSPS) is 19.0. The molecule has 1 aliphatic rings. The zero-order chi connectivity index (χ0) is 10.9. The van der Waals surface area contributed by atoms with Gasteiger partial charge < -0.3 is 0 Å². The average molecular weight is 201 g/mol. The van der Waals surface area contributed by atoms with Gasteiger partial charge in [-0.15, -0.1) is 0 Å². The number of hydrogen-bond donors (Lipinski definition) is 0. The SMILES string of the molecule is CC(C)(C)N=C1CCCc2ccccc21. The Morgan fingerprint density at radius 2 is 1.80 bits per heavy atom. The maximum Gasteiger partial charge on any atom is 0.0527 e. The van der Waals surface area contributed by atoms with Gasteiger partial charge in [-0.1, -0.05) is 24.3 Å². The van der Waals surface area contributed by atoms with E-state index in [1.54, 1.807) is 0 Å². The second-order valence-corrected chi connectivity index (χ2v) is 5.24. The van der Waals surface area contributed by atoms with Crippen molar-refractivity contribution in [3.63, 3.8) is 0 Å². The summed E-state index contributed by atoms with van der Waals surface area (Å²) in [6, 6.07) is 8.67. The molecule has 0 heterocycles. The Balaban J connectivity index is 2.42. The lowest BCUT2D eigenvalue weighted by Crippen LogP contribution is -2.18. The second-order valence-electron chi connectivity index (χ2n) is 5.24. The van der Waals surface area contributed by atoms with Crippen molar-refractivity contribution in [2.45, 2.75) is 45.6 Å². The summed E-state index contributed by atoms with van der Waals surface area (Å²) in [4.78, 5) is 4.83. The minimum Gasteiger partial charge on any atom is -0.283 e. The molecule has 2 rings (SSSR count). The van der Waals surface area contributed by atoms with E-state index in [9.17, 15) is 0 Å². The molecule has 0 spiro atoms. The Labute approximate surface area is 92.2 Å². The summed E-state index contributed by atoms with van der Waals surface area (Å²) in [5.74, 6) is 0. The largest absolute Gasteiger partial charge is 0.283 e. The molecular formula is C14H19N. The lowest BCUT2D eigenvalue weighted by molar-refractivity contribution is 0.580. The molecule has 1 aromatic carbocycles. The van der Waals surface area contributed by atoms with Crippen molar-refractivity contribution in [3.05, 3.63) is 35.4 Å². The molecule has 0 bridgehead atoms. The van der Waals surface area contributed by atoms with Crippen molar-refractivity contribution in [2.75, 3.05) is 0 Å². The number of aliphatic imine (C=N–C) groups is 1. The summed E-state index contributed by atoms with van der Waals surface area (Å²) in [6.07, 6.45) is 3.58. The van der Waals surface area contributed by atoms with Crippen LogP contribution in [0.3, 0.4) is 0 Å². The molecule has 15 heavy (non-hydrogen) atoms. The van der Waals surface area contributed by atoms with Crippen LogP contribution in [0.2, 0.25) is 0 Å². The van der Waals surface area contributed by atoms with Crippen molar-refractivity contribution in [1.82, 2.24) is 0 Å². The minimum atomic E-state index is 0.0415. The van der Waals surface area contributed by atoms with Crippen LogP contribution in [0.4, 0.5) is 0 Å². The van der Waals surface area contributed by atoms with E-state index in [4.69, 9.17) is 4.99 Å². The van der Waals surface area contributed by atoms with Gasteiger partial charge in [0.05, 0.1) is 5.54 Å². The highest BCUT2D eigenvalue weighted by molar-refractivity contribution is 6.02. The van der Waals surface area contributed by atoms with Crippen LogP contribution in [0.25, 0.3) is 0 Å². The van der Waals surface area contributed by atoms with Crippen molar-refractivity contribution in [1.29, 1.82) is 0 Å². The first-order valence-electron chi connectivity index (χ1n) is 5.73. The molecule has 0 aromatic heterocycles. The molecular weight excluding hydrogens is 182 g/mol. The van der Waals surface area contributed by atoms with Gasteiger partial charge in [-0.3, -0.25) is 4.99 Å². The number of nitrogens with zero attached hydrogens (tertiary/aromatic N) is 1. The van der Waals surface area contributed by atoms with Crippen LogP contribution >= 0.6 is 0 Å². The topological polar surface area (TPSA) is 12.4 Å². The Bertz CT molecular complexity index is 383. The van der Waals surface area contributed by atoms with Gasteiger partial charge in [0, 0.05) is 5.71 Å². The first kappa shape index (κ1) is 10.4. The molecule has 1 aliphatic carbocycles. The maximum atomic E-state index is 4.83. The zero-order valence-electron chi connectivity index (χ0n) is 9.88. The van der Waals surface area contributed by atoms with E-state index < -0.39 is 0 Å². The van der Waals surface area contributed by atoms with Crippen LogP contribution in [0.5, 0.6) is 0 Å². The minimum absolute atomic E-state index is 0.0415. The Morgan fingerprint density at radius 1 is 1.07 bits per heavy atom. The third kappa shape index (κ3) is 2.47. The lowest BCUT2D eigenvalue weighted by Gasteiger charge is -2.22. The van der Waals surface area contributed by atoms with E-state index >= 15 is 0 Å². The quantitative estimate of drug-likeness (QED) is 0.608. The molecule has 1 nitrogen and oxygen atoms in total. The highest BCUT2D eigenvalue weighted by Gasteiger charge is 2.17. The van der Waals surface area contributed by atoms with Crippen LogP contribution < -0.4 is 0 Å². The number of hydrogen-bond acceptors (Lipinski definition) is 1. The highest BCUT2D eigenvalue weighted by Crippen LogP contribution is 2.23. The van der Waals surface area contributed by atoms with Crippen LogP contribution in [0.1, 0.15) is 44.7 Å². The molecule has 0 atom stereocenters. The first-order chi connectivity index (χ1) is 7.06. The van der Waals surface area contributed by atoms with Crippen molar-refractivity contribution >= 4 is 5.71 Å².